The first-order chi connectivity index (χ1) is 8.81. The number of hydrogen-bond acceptors (Lipinski definition) is 7. The molecule has 0 bridgehead atoms. The van der Waals surface area contributed by atoms with E-state index < -0.39 is 36.2 Å². The first kappa shape index (κ1) is 15.1. The smallest absolute Gasteiger partial charge is 0.354 e. The Bertz CT molecular complexity index is 404. The second kappa shape index (κ2) is 6.28. The Morgan fingerprint density at radius 1 is 1.32 bits per heavy atom. The molecule has 3 atom stereocenters. The second-order valence-corrected chi connectivity index (χ2v) is 4.15. The summed E-state index contributed by atoms with van der Waals surface area (Å²) in [6, 6.07) is -0.851. The van der Waals surface area contributed by atoms with Gasteiger partial charge in [0.05, 0.1) is 0 Å². The number of amides is 1. The molecule has 1 aliphatic heterocycles. The van der Waals surface area contributed by atoms with Crippen molar-refractivity contribution < 1.29 is 33.8 Å². The molecule has 0 saturated carbocycles. The van der Waals surface area contributed by atoms with Crippen LogP contribution in [0.25, 0.3) is 0 Å². The van der Waals surface area contributed by atoms with Gasteiger partial charge >= 0.3 is 17.9 Å². The van der Waals surface area contributed by atoms with Gasteiger partial charge in [-0.05, 0) is 20.3 Å². The van der Waals surface area contributed by atoms with Crippen LogP contribution in [0.3, 0.4) is 0 Å². The summed E-state index contributed by atoms with van der Waals surface area (Å²) in [5.74, 6) is -3.23. The number of esters is 3. The normalized spacial score (nSPS) is 21.2. The highest BCUT2D eigenvalue weighted by molar-refractivity contribution is 5.94. The van der Waals surface area contributed by atoms with Crippen molar-refractivity contribution >= 4 is 23.8 Å². The average molecular weight is 273 g/mol. The van der Waals surface area contributed by atoms with E-state index in [4.69, 9.17) is 5.11 Å². The SMILES string of the molecule is CC(O)C(=O)OC(C)C(=O)OC(=O)[C@@H]1CCC(=O)N1. The molecule has 2 unspecified atom stereocenters. The van der Waals surface area contributed by atoms with Gasteiger partial charge in [-0.3, -0.25) is 4.79 Å². The molecular weight excluding hydrogens is 258 g/mol. The van der Waals surface area contributed by atoms with Gasteiger partial charge in [0, 0.05) is 6.42 Å². The van der Waals surface area contributed by atoms with E-state index >= 15 is 0 Å². The maximum absolute atomic E-state index is 11.5. The second-order valence-electron chi connectivity index (χ2n) is 4.15. The summed E-state index contributed by atoms with van der Waals surface area (Å²) >= 11 is 0. The summed E-state index contributed by atoms with van der Waals surface area (Å²) in [5, 5.41) is 11.2. The molecule has 2 N–H and O–H groups in total. The molecular formula is C11H15NO7. The van der Waals surface area contributed by atoms with E-state index in [1.54, 1.807) is 0 Å². The third-order valence-corrected chi connectivity index (χ3v) is 2.45. The van der Waals surface area contributed by atoms with Crippen molar-refractivity contribution in [2.24, 2.45) is 0 Å². The summed E-state index contributed by atoms with van der Waals surface area (Å²) in [6.07, 6.45) is -2.24. The summed E-state index contributed by atoms with van der Waals surface area (Å²) in [6.45, 7) is 2.39. The number of rotatable bonds is 4. The zero-order valence-corrected chi connectivity index (χ0v) is 10.5. The van der Waals surface area contributed by atoms with Crippen LogP contribution < -0.4 is 5.32 Å². The lowest BCUT2D eigenvalue weighted by atomic mass is 10.2. The molecule has 0 aromatic carbocycles. The van der Waals surface area contributed by atoms with E-state index in [-0.39, 0.29) is 18.7 Å². The van der Waals surface area contributed by atoms with E-state index in [1.807, 2.05) is 0 Å². The number of nitrogens with one attached hydrogen (secondary N) is 1. The standard InChI is InChI=1S/C11H15NO7/c1-5(13)9(15)18-6(2)10(16)19-11(17)7-3-4-8(14)12-7/h5-7,13H,3-4H2,1-2H3,(H,12,14)/t5?,6?,7-/m0/s1. The Kier molecular flexibility index (Phi) is 4.99. The highest BCUT2D eigenvalue weighted by atomic mass is 16.6. The fraction of sp³-hybridized carbons (Fsp3) is 0.636. The van der Waals surface area contributed by atoms with Crippen LogP contribution in [0, 0.1) is 0 Å². The first-order valence-electron chi connectivity index (χ1n) is 5.74. The van der Waals surface area contributed by atoms with Gasteiger partial charge in [-0.15, -0.1) is 0 Å². The predicted molar refractivity (Wildman–Crippen MR) is 59.5 cm³/mol. The summed E-state index contributed by atoms with van der Waals surface area (Å²) in [4.78, 5) is 44.8. The number of ether oxygens (including phenoxy) is 2. The summed E-state index contributed by atoms with van der Waals surface area (Å²) in [7, 11) is 0. The molecule has 8 nitrogen and oxygen atoms in total. The molecule has 1 aliphatic rings. The molecule has 0 aromatic rings. The quantitative estimate of drug-likeness (QED) is 0.480. The molecule has 1 heterocycles. The minimum atomic E-state index is -1.37. The van der Waals surface area contributed by atoms with Crippen LogP contribution in [0.2, 0.25) is 0 Å². The molecule has 106 valence electrons. The Labute approximate surface area is 109 Å². The van der Waals surface area contributed by atoms with Crippen molar-refractivity contribution in [3.8, 4) is 0 Å². The van der Waals surface area contributed by atoms with Gasteiger partial charge in [-0.2, -0.15) is 0 Å². The van der Waals surface area contributed by atoms with E-state index in [9.17, 15) is 19.2 Å². The maximum atomic E-state index is 11.5. The van der Waals surface area contributed by atoms with Crippen LogP contribution in [0.4, 0.5) is 0 Å². The molecule has 0 aromatic heterocycles. The zero-order valence-electron chi connectivity index (χ0n) is 10.5. The van der Waals surface area contributed by atoms with E-state index in [2.05, 4.69) is 14.8 Å². The van der Waals surface area contributed by atoms with E-state index in [0.717, 1.165) is 0 Å². The van der Waals surface area contributed by atoms with Gasteiger partial charge < -0.3 is 19.9 Å². The lowest BCUT2D eigenvalue weighted by Crippen LogP contribution is -2.38. The van der Waals surface area contributed by atoms with Crippen molar-refractivity contribution in [3.63, 3.8) is 0 Å². The highest BCUT2D eigenvalue weighted by Gasteiger charge is 2.32. The molecule has 1 saturated heterocycles. The number of aliphatic hydroxyl groups excluding tert-OH is 1. The predicted octanol–water partition coefficient (Wildman–Crippen LogP) is -1.35. The monoisotopic (exact) mass is 273 g/mol. The number of carbonyl (C=O) groups excluding carboxylic acids is 4. The Balaban J connectivity index is 2.43. The van der Waals surface area contributed by atoms with Crippen LogP contribution >= 0.6 is 0 Å². The minimum absolute atomic E-state index is 0.195. The molecule has 1 rings (SSSR count). The number of carbonyl (C=O) groups is 4. The highest BCUT2D eigenvalue weighted by Crippen LogP contribution is 2.09. The molecule has 0 aliphatic carbocycles. The van der Waals surface area contributed by atoms with Gasteiger partial charge in [0.25, 0.3) is 0 Å². The minimum Gasteiger partial charge on any atom is -0.449 e. The molecule has 8 heteroatoms. The fourth-order valence-electron chi connectivity index (χ4n) is 1.36. The molecule has 1 fully saturated rings. The zero-order chi connectivity index (χ0) is 14.6. The Morgan fingerprint density at radius 3 is 2.42 bits per heavy atom. The van der Waals surface area contributed by atoms with Gasteiger partial charge in [0.15, 0.2) is 6.10 Å². The van der Waals surface area contributed by atoms with Crippen LogP contribution in [-0.2, 0) is 28.7 Å². The largest absolute Gasteiger partial charge is 0.449 e. The van der Waals surface area contributed by atoms with E-state index in [1.165, 1.54) is 13.8 Å². The van der Waals surface area contributed by atoms with Crippen molar-refractivity contribution in [1.82, 2.24) is 5.32 Å². The van der Waals surface area contributed by atoms with Crippen molar-refractivity contribution in [2.45, 2.75) is 44.9 Å². The molecule has 19 heavy (non-hydrogen) atoms. The first-order valence-corrected chi connectivity index (χ1v) is 5.74. The maximum Gasteiger partial charge on any atom is 0.354 e. The Morgan fingerprint density at radius 2 is 1.95 bits per heavy atom. The number of hydrogen-bond donors (Lipinski definition) is 2. The van der Waals surface area contributed by atoms with Crippen molar-refractivity contribution in [1.29, 1.82) is 0 Å². The lowest BCUT2D eigenvalue weighted by Gasteiger charge is -2.14. The topological polar surface area (TPSA) is 119 Å². The van der Waals surface area contributed by atoms with Gasteiger partial charge in [-0.1, -0.05) is 0 Å². The number of aliphatic hydroxyl groups is 1. The molecule has 1 amide bonds. The van der Waals surface area contributed by atoms with Gasteiger partial charge in [-0.25, -0.2) is 14.4 Å². The van der Waals surface area contributed by atoms with E-state index in [0.29, 0.717) is 0 Å². The Hall–Kier alpha value is -1.96. The van der Waals surface area contributed by atoms with Gasteiger partial charge in [0.1, 0.15) is 12.1 Å². The van der Waals surface area contributed by atoms with Crippen LogP contribution in [0.1, 0.15) is 26.7 Å². The van der Waals surface area contributed by atoms with Crippen LogP contribution in [0.5, 0.6) is 0 Å². The molecule has 0 spiro atoms. The van der Waals surface area contributed by atoms with Crippen molar-refractivity contribution in [3.05, 3.63) is 0 Å². The average Bonchev–Trinajstić information content (AvgIpc) is 2.75. The molecule has 0 radical (unpaired) electrons. The summed E-state index contributed by atoms with van der Waals surface area (Å²) < 4.78 is 9.03. The summed E-state index contributed by atoms with van der Waals surface area (Å²) in [5.41, 5.74) is 0. The lowest BCUT2D eigenvalue weighted by molar-refractivity contribution is -0.176. The van der Waals surface area contributed by atoms with Crippen LogP contribution in [-0.4, -0.2) is 47.2 Å². The van der Waals surface area contributed by atoms with Gasteiger partial charge in [0.2, 0.25) is 5.91 Å². The van der Waals surface area contributed by atoms with Crippen LogP contribution in [0.15, 0.2) is 0 Å². The fourth-order valence-corrected chi connectivity index (χ4v) is 1.36. The third-order valence-electron chi connectivity index (χ3n) is 2.45. The van der Waals surface area contributed by atoms with Crippen molar-refractivity contribution in [2.75, 3.05) is 0 Å². The third kappa shape index (κ3) is 4.32.